The first-order valence-electron chi connectivity index (χ1n) is 8.14. The second kappa shape index (κ2) is 9.22. The summed E-state index contributed by atoms with van der Waals surface area (Å²) >= 11 is 0. The topological polar surface area (TPSA) is 96.5 Å². The van der Waals surface area contributed by atoms with Gasteiger partial charge in [-0.25, -0.2) is 4.79 Å². The van der Waals surface area contributed by atoms with Crippen LogP contribution in [-0.2, 0) is 9.53 Å². The molecule has 2 aromatic carbocycles. The number of carbonyl (C=O) groups is 3. The number of hydrogen-bond acceptors (Lipinski definition) is 5. The van der Waals surface area contributed by atoms with Crippen molar-refractivity contribution in [2.75, 3.05) is 30.8 Å². The summed E-state index contributed by atoms with van der Waals surface area (Å²) in [6.07, 6.45) is 0. The number of esters is 1. The van der Waals surface area contributed by atoms with Gasteiger partial charge in [-0.3, -0.25) is 9.59 Å². The molecule has 0 saturated heterocycles. The van der Waals surface area contributed by atoms with Crippen LogP contribution in [0, 0.1) is 0 Å². The lowest BCUT2D eigenvalue weighted by Crippen LogP contribution is -2.23. The van der Waals surface area contributed by atoms with Gasteiger partial charge in [0.2, 0.25) is 5.91 Å². The second-order valence-corrected chi connectivity index (χ2v) is 5.41. The van der Waals surface area contributed by atoms with E-state index in [4.69, 9.17) is 0 Å². The summed E-state index contributed by atoms with van der Waals surface area (Å²) in [6.45, 7) is 2.44. The monoisotopic (exact) mass is 355 g/mol. The van der Waals surface area contributed by atoms with Crippen LogP contribution in [-0.4, -0.2) is 38.0 Å². The molecule has 0 spiro atoms. The van der Waals surface area contributed by atoms with Gasteiger partial charge in [-0.05, 0) is 49.4 Å². The molecule has 136 valence electrons. The van der Waals surface area contributed by atoms with Gasteiger partial charge in [0.25, 0.3) is 5.91 Å². The van der Waals surface area contributed by atoms with E-state index in [1.807, 2.05) is 6.92 Å². The molecule has 0 radical (unpaired) electrons. The lowest BCUT2D eigenvalue weighted by atomic mass is 10.2. The molecule has 2 rings (SSSR count). The third kappa shape index (κ3) is 5.34. The molecule has 0 saturated carbocycles. The van der Waals surface area contributed by atoms with Crippen LogP contribution in [0.25, 0.3) is 0 Å². The van der Waals surface area contributed by atoms with Crippen molar-refractivity contribution in [2.45, 2.75) is 6.92 Å². The molecule has 0 atom stereocenters. The van der Waals surface area contributed by atoms with Crippen LogP contribution in [0.3, 0.4) is 0 Å². The van der Waals surface area contributed by atoms with E-state index in [1.54, 1.807) is 48.5 Å². The highest BCUT2D eigenvalue weighted by Gasteiger charge is 2.08. The van der Waals surface area contributed by atoms with Gasteiger partial charge >= 0.3 is 5.97 Å². The van der Waals surface area contributed by atoms with Crippen LogP contribution in [0.15, 0.2) is 48.5 Å². The van der Waals surface area contributed by atoms with E-state index in [9.17, 15) is 14.4 Å². The van der Waals surface area contributed by atoms with E-state index < -0.39 is 5.97 Å². The average molecular weight is 355 g/mol. The summed E-state index contributed by atoms with van der Waals surface area (Å²) in [4.78, 5) is 35.2. The first kappa shape index (κ1) is 19.0. The van der Waals surface area contributed by atoms with Gasteiger partial charge in [0.15, 0.2) is 0 Å². The zero-order valence-electron chi connectivity index (χ0n) is 14.7. The number of hydrogen-bond donors (Lipinski definition) is 3. The van der Waals surface area contributed by atoms with Crippen molar-refractivity contribution in [3.63, 3.8) is 0 Å². The fourth-order valence-electron chi connectivity index (χ4n) is 2.23. The second-order valence-electron chi connectivity index (χ2n) is 5.41. The maximum absolute atomic E-state index is 12.0. The summed E-state index contributed by atoms with van der Waals surface area (Å²) < 4.78 is 4.62. The number of carbonyl (C=O) groups excluding carboxylic acids is 3. The van der Waals surface area contributed by atoms with Crippen molar-refractivity contribution in [3.05, 3.63) is 59.7 Å². The van der Waals surface area contributed by atoms with Crippen molar-refractivity contribution >= 4 is 29.2 Å². The largest absolute Gasteiger partial charge is 0.465 e. The molecule has 0 aromatic heterocycles. The number of benzene rings is 2. The van der Waals surface area contributed by atoms with Gasteiger partial charge in [-0.15, -0.1) is 0 Å². The zero-order chi connectivity index (χ0) is 18.9. The van der Waals surface area contributed by atoms with Crippen molar-refractivity contribution in [2.24, 2.45) is 0 Å². The van der Waals surface area contributed by atoms with E-state index in [1.165, 1.54) is 7.11 Å². The first-order chi connectivity index (χ1) is 12.5. The molecule has 2 amide bonds. The third-order valence-corrected chi connectivity index (χ3v) is 3.50. The summed E-state index contributed by atoms with van der Waals surface area (Å²) in [5.74, 6) is -0.845. The maximum atomic E-state index is 12.0. The van der Waals surface area contributed by atoms with Crippen molar-refractivity contribution < 1.29 is 19.1 Å². The number of amides is 2. The fraction of sp³-hybridized carbons (Fsp3) is 0.211. The Morgan fingerprint density at radius 3 is 2.35 bits per heavy atom. The number of methoxy groups -OCH3 is 1. The lowest BCUT2D eigenvalue weighted by Gasteiger charge is -2.09. The standard InChI is InChI=1S/C19H21N3O4/c1-3-20-18(24)14-5-4-6-16(11-14)21-12-17(23)22-15-9-7-13(8-10-15)19(25)26-2/h4-11,21H,3,12H2,1-2H3,(H,20,24)(H,22,23). The first-order valence-corrected chi connectivity index (χ1v) is 8.14. The zero-order valence-corrected chi connectivity index (χ0v) is 14.7. The van der Waals surface area contributed by atoms with Crippen molar-refractivity contribution in [1.82, 2.24) is 5.32 Å². The van der Waals surface area contributed by atoms with E-state index >= 15 is 0 Å². The highest BCUT2D eigenvalue weighted by molar-refractivity contribution is 5.96. The molecular weight excluding hydrogens is 334 g/mol. The molecule has 3 N–H and O–H groups in total. The Kier molecular flexibility index (Phi) is 6.73. The molecule has 0 aliphatic carbocycles. The van der Waals surface area contributed by atoms with Gasteiger partial charge in [0.1, 0.15) is 0 Å². The van der Waals surface area contributed by atoms with E-state index in [2.05, 4.69) is 20.7 Å². The smallest absolute Gasteiger partial charge is 0.337 e. The number of nitrogens with one attached hydrogen (secondary N) is 3. The Morgan fingerprint density at radius 2 is 1.69 bits per heavy atom. The molecule has 0 bridgehead atoms. The average Bonchev–Trinajstić information content (AvgIpc) is 2.67. The van der Waals surface area contributed by atoms with Gasteiger partial charge in [-0.1, -0.05) is 6.07 Å². The highest BCUT2D eigenvalue weighted by Crippen LogP contribution is 2.12. The Labute approximate surface area is 151 Å². The van der Waals surface area contributed by atoms with Crippen LogP contribution in [0.5, 0.6) is 0 Å². The Balaban J connectivity index is 1.89. The quantitative estimate of drug-likeness (QED) is 0.662. The molecule has 7 heteroatoms. The lowest BCUT2D eigenvalue weighted by molar-refractivity contribution is -0.114. The van der Waals surface area contributed by atoms with Crippen LogP contribution < -0.4 is 16.0 Å². The Morgan fingerprint density at radius 1 is 0.962 bits per heavy atom. The third-order valence-electron chi connectivity index (χ3n) is 3.50. The molecular formula is C19H21N3O4. The predicted molar refractivity (Wildman–Crippen MR) is 99.4 cm³/mol. The molecule has 0 heterocycles. The molecule has 0 aliphatic rings. The molecule has 0 aliphatic heterocycles. The molecule has 0 fully saturated rings. The molecule has 2 aromatic rings. The number of anilines is 2. The number of rotatable bonds is 7. The summed E-state index contributed by atoms with van der Waals surface area (Å²) in [6, 6.07) is 13.3. The number of ether oxygens (including phenoxy) is 1. The van der Waals surface area contributed by atoms with E-state index in [-0.39, 0.29) is 18.4 Å². The van der Waals surface area contributed by atoms with Crippen molar-refractivity contribution in [1.29, 1.82) is 0 Å². The maximum Gasteiger partial charge on any atom is 0.337 e. The van der Waals surface area contributed by atoms with Crippen LogP contribution >= 0.6 is 0 Å². The van der Waals surface area contributed by atoms with E-state index in [0.717, 1.165) is 0 Å². The summed E-state index contributed by atoms with van der Waals surface area (Å²) in [7, 11) is 1.31. The summed E-state index contributed by atoms with van der Waals surface area (Å²) in [5, 5.41) is 8.42. The van der Waals surface area contributed by atoms with Crippen LogP contribution in [0.1, 0.15) is 27.6 Å². The van der Waals surface area contributed by atoms with Crippen LogP contribution in [0.4, 0.5) is 11.4 Å². The van der Waals surface area contributed by atoms with Gasteiger partial charge in [-0.2, -0.15) is 0 Å². The summed E-state index contributed by atoms with van der Waals surface area (Å²) in [5.41, 5.74) is 2.17. The Hall–Kier alpha value is -3.35. The van der Waals surface area contributed by atoms with Gasteiger partial charge in [0, 0.05) is 23.5 Å². The highest BCUT2D eigenvalue weighted by atomic mass is 16.5. The van der Waals surface area contributed by atoms with Gasteiger partial charge < -0.3 is 20.7 Å². The minimum absolute atomic E-state index is 0.0393. The minimum atomic E-state index is -0.434. The Bertz CT molecular complexity index is 788. The SMILES string of the molecule is CCNC(=O)c1cccc(NCC(=O)Nc2ccc(C(=O)OC)cc2)c1. The molecule has 7 nitrogen and oxygen atoms in total. The van der Waals surface area contributed by atoms with E-state index in [0.29, 0.717) is 29.0 Å². The normalized spacial score (nSPS) is 9.92. The van der Waals surface area contributed by atoms with Crippen LogP contribution in [0.2, 0.25) is 0 Å². The van der Waals surface area contributed by atoms with Crippen molar-refractivity contribution in [3.8, 4) is 0 Å². The predicted octanol–water partition coefficient (Wildman–Crippen LogP) is 2.27. The minimum Gasteiger partial charge on any atom is -0.465 e. The fourth-order valence-corrected chi connectivity index (χ4v) is 2.23. The van der Waals surface area contributed by atoms with Gasteiger partial charge in [0.05, 0.1) is 19.2 Å². The molecule has 0 unspecified atom stereocenters. The molecule has 26 heavy (non-hydrogen) atoms.